The first-order valence-corrected chi connectivity index (χ1v) is 3.17. The van der Waals surface area contributed by atoms with Crippen LogP contribution in [-0.2, 0) is 50.4 Å². The van der Waals surface area contributed by atoms with Crippen LogP contribution >= 0.6 is 0 Å². The van der Waals surface area contributed by atoms with Crippen LogP contribution in [0.2, 0.25) is 0 Å². The summed E-state index contributed by atoms with van der Waals surface area (Å²) in [5.74, 6) is -5.02. The van der Waals surface area contributed by atoms with Gasteiger partial charge in [-0.2, -0.15) is 0 Å². The van der Waals surface area contributed by atoms with Crippen molar-refractivity contribution in [1.82, 2.24) is 0 Å². The molecule has 0 unspecified atom stereocenters. The van der Waals surface area contributed by atoms with Gasteiger partial charge in [0.15, 0.2) is 5.60 Å². The van der Waals surface area contributed by atoms with Gasteiger partial charge in [0.2, 0.25) is 0 Å². The molecule has 0 amide bonds. The fraction of sp³-hybridized carbons (Fsp3) is 0.500. The minimum absolute atomic E-state index is 0. The van der Waals surface area contributed by atoms with Crippen molar-refractivity contribution in [2.75, 3.05) is 0 Å². The van der Waals surface area contributed by atoms with E-state index in [-0.39, 0.29) is 36.0 Å². The molecule has 0 atom stereocenters. The zero-order chi connectivity index (χ0) is 10.6. The molecule has 9 heteroatoms. The number of carbonyl (C=O) groups is 3. The predicted molar refractivity (Wildman–Crippen MR) is 37.1 cm³/mol. The summed E-state index contributed by atoms with van der Waals surface area (Å²) in [6.07, 6.45) is -2.29. The van der Waals surface area contributed by atoms with Crippen LogP contribution in [0.4, 0.5) is 0 Å². The maximum absolute atomic E-state index is 10.3. The zero-order valence-corrected chi connectivity index (χ0v) is 11.4. The monoisotopic (exact) mass is 314 g/mol. The fourth-order valence-electron chi connectivity index (χ4n) is 0.714. The molecule has 0 aliphatic heterocycles. The Balaban J connectivity index is -0.000000720. The number of aliphatic hydroxyl groups is 1. The fourth-order valence-corrected chi connectivity index (χ4v) is 0.714. The summed E-state index contributed by atoms with van der Waals surface area (Å²) in [7, 11) is 0. The van der Waals surface area contributed by atoms with Crippen molar-refractivity contribution in [2.45, 2.75) is 18.4 Å². The van der Waals surface area contributed by atoms with Crippen molar-refractivity contribution in [3.05, 3.63) is 0 Å². The predicted octanol–water partition coefficient (Wildman–Crippen LogP) is -1.25. The second-order valence-electron chi connectivity index (χ2n) is 2.48. The standard InChI is InChI=1S/C6H8O7.Ni.Zn/c7-3(8)1-6(13,5(11)12)2-4(9)10;;/h13H,1-2H2,(H,7,8)(H,9,10)(H,11,12);;. The van der Waals surface area contributed by atoms with Crippen LogP contribution in [-0.4, -0.2) is 43.9 Å². The number of hydrogen-bond donors (Lipinski definition) is 4. The van der Waals surface area contributed by atoms with Gasteiger partial charge in [-0.15, -0.1) is 0 Å². The first-order valence-electron chi connectivity index (χ1n) is 3.17. The van der Waals surface area contributed by atoms with Crippen molar-refractivity contribution in [1.29, 1.82) is 0 Å². The molecule has 0 radical (unpaired) electrons. The molecule has 0 rings (SSSR count). The zero-order valence-electron chi connectivity index (χ0n) is 7.45. The van der Waals surface area contributed by atoms with Crippen molar-refractivity contribution in [2.24, 2.45) is 0 Å². The van der Waals surface area contributed by atoms with Crippen molar-refractivity contribution in [3.63, 3.8) is 0 Å². The minimum Gasteiger partial charge on any atom is -0.481 e. The Morgan fingerprint density at radius 3 is 1.33 bits per heavy atom. The molecule has 86 valence electrons. The Labute approximate surface area is 107 Å². The van der Waals surface area contributed by atoms with Crippen LogP contribution in [0.25, 0.3) is 0 Å². The molecule has 0 spiro atoms. The second kappa shape index (κ2) is 7.74. The Morgan fingerprint density at radius 1 is 0.933 bits per heavy atom. The summed E-state index contributed by atoms with van der Waals surface area (Å²) in [6, 6.07) is 0. The number of hydrogen-bond acceptors (Lipinski definition) is 4. The Hall–Kier alpha value is -0.513. The third kappa shape index (κ3) is 7.42. The SMILES string of the molecule is O=C(O)CC(O)(CC(=O)O)C(=O)O.[Ni].[Zn]. The van der Waals surface area contributed by atoms with E-state index >= 15 is 0 Å². The Morgan fingerprint density at radius 2 is 1.20 bits per heavy atom. The summed E-state index contributed by atoms with van der Waals surface area (Å²) in [5.41, 5.74) is -2.74. The number of carboxylic acid groups (broad SMARTS) is 3. The van der Waals surface area contributed by atoms with Gasteiger partial charge in [-0.3, -0.25) is 9.59 Å². The molecule has 0 aromatic heterocycles. The van der Waals surface area contributed by atoms with Gasteiger partial charge < -0.3 is 20.4 Å². The molecule has 0 aromatic carbocycles. The number of carboxylic acids is 3. The van der Waals surface area contributed by atoms with E-state index in [0.717, 1.165) is 0 Å². The maximum Gasteiger partial charge on any atom is 0.336 e. The molecule has 4 N–H and O–H groups in total. The molecule has 0 bridgehead atoms. The molecular formula is C6H8NiO7Zn. The summed E-state index contributed by atoms with van der Waals surface area (Å²) in [4.78, 5) is 30.5. The average molecular weight is 316 g/mol. The molecule has 0 heterocycles. The topological polar surface area (TPSA) is 132 Å². The molecule has 15 heavy (non-hydrogen) atoms. The van der Waals surface area contributed by atoms with Gasteiger partial charge in [0.1, 0.15) is 0 Å². The van der Waals surface area contributed by atoms with Crippen molar-refractivity contribution >= 4 is 17.9 Å². The smallest absolute Gasteiger partial charge is 0.336 e. The van der Waals surface area contributed by atoms with Gasteiger partial charge in [0, 0.05) is 36.0 Å². The van der Waals surface area contributed by atoms with E-state index in [4.69, 9.17) is 20.4 Å². The molecular weight excluding hydrogens is 308 g/mol. The third-order valence-corrected chi connectivity index (χ3v) is 1.29. The molecule has 0 fully saturated rings. The van der Waals surface area contributed by atoms with Crippen LogP contribution in [0.5, 0.6) is 0 Å². The van der Waals surface area contributed by atoms with E-state index in [0.29, 0.717) is 0 Å². The van der Waals surface area contributed by atoms with Gasteiger partial charge in [-0.05, 0) is 0 Å². The Kier molecular flexibility index (Phi) is 10.3. The van der Waals surface area contributed by atoms with Crippen LogP contribution in [0, 0.1) is 0 Å². The van der Waals surface area contributed by atoms with E-state index in [1.807, 2.05) is 0 Å². The van der Waals surface area contributed by atoms with Crippen molar-refractivity contribution in [3.8, 4) is 0 Å². The summed E-state index contributed by atoms with van der Waals surface area (Å²) in [6.45, 7) is 0. The van der Waals surface area contributed by atoms with Gasteiger partial charge >= 0.3 is 17.9 Å². The first-order chi connectivity index (χ1) is 5.78. The molecule has 0 aliphatic carbocycles. The van der Waals surface area contributed by atoms with E-state index in [1.54, 1.807) is 0 Å². The molecule has 7 nitrogen and oxygen atoms in total. The van der Waals surface area contributed by atoms with E-state index in [2.05, 4.69) is 0 Å². The quantitative estimate of drug-likeness (QED) is 0.466. The van der Waals surface area contributed by atoms with E-state index < -0.39 is 36.4 Å². The van der Waals surface area contributed by atoms with E-state index in [9.17, 15) is 14.4 Å². The normalized spacial score (nSPS) is 9.40. The van der Waals surface area contributed by atoms with Crippen molar-refractivity contribution < 1.29 is 70.8 Å². The molecule has 0 aromatic rings. The minimum atomic E-state index is -2.74. The third-order valence-electron chi connectivity index (χ3n) is 1.29. The van der Waals surface area contributed by atoms with Crippen LogP contribution < -0.4 is 0 Å². The van der Waals surface area contributed by atoms with Crippen LogP contribution in [0.15, 0.2) is 0 Å². The average Bonchev–Trinajstić information content (AvgIpc) is 1.82. The molecule has 0 saturated heterocycles. The van der Waals surface area contributed by atoms with Crippen LogP contribution in [0.1, 0.15) is 12.8 Å². The summed E-state index contributed by atoms with van der Waals surface area (Å²) >= 11 is 0. The van der Waals surface area contributed by atoms with Gasteiger partial charge in [-0.1, -0.05) is 0 Å². The molecule has 0 saturated carbocycles. The van der Waals surface area contributed by atoms with Gasteiger partial charge in [-0.25, -0.2) is 4.79 Å². The maximum atomic E-state index is 10.3. The number of aliphatic carboxylic acids is 3. The van der Waals surface area contributed by atoms with Crippen LogP contribution in [0.3, 0.4) is 0 Å². The number of rotatable bonds is 5. The second-order valence-corrected chi connectivity index (χ2v) is 2.48. The first kappa shape index (κ1) is 20.0. The largest absolute Gasteiger partial charge is 0.481 e. The Bertz CT molecular complexity index is 238. The van der Waals surface area contributed by atoms with Gasteiger partial charge in [0.25, 0.3) is 0 Å². The molecule has 0 aliphatic rings. The summed E-state index contributed by atoms with van der Waals surface area (Å²) in [5, 5.41) is 33.8. The van der Waals surface area contributed by atoms with Gasteiger partial charge in [0.05, 0.1) is 12.8 Å². The summed E-state index contributed by atoms with van der Waals surface area (Å²) < 4.78 is 0. The van der Waals surface area contributed by atoms with E-state index in [1.165, 1.54) is 0 Å².